The average molecular weight is 322 g/mol. The highest BCUT2D eigenvalue weighted by Crippen LogP contribution is 2.28. The van der Waals surface area contributed by atoms with E-state index < -0.39 is 12.7 Å². The summed E-state index contributed by atoms with van der Waals surface area (Å²) in [7, 11) is 0. The van der Waals surface area contributed by atoms with Crippen LogP contribution in [0.1, 0.15) is 24.8 Å². The van der Waals surface area contributed by atoms with Gasteiger partial charge in [0.05, 0.1) is 6.54 Å². The van der Waals surface area contributed by atoms with Gasteiger partial charge in [0.2, 0.25) is 0 Å². The number of hydrogen-bond donors (Lipinski definition) is 1. The number of nitrogens with zero attached hydrogens (tertiary/aromatic N) is 3. The number of halogens is 3. The van der Waals surface area contributed by atoms with Crippen LogP contribution in [0, 0.1) is 0 Å². The first-order valence-corrected chi connectivity index (χ1v) is 7.94. The zero-order chi connectivity index (χ0) is 15.5. The van der Waals surface area contributed by atoms with E-state index in [2.05, 4.69) is 29.0 Å². The quantitative estimate of drug-likeness (QED) is 0.902. The molecule has 2 heterocycles. The summed E-state index contributed by atoms with van der Waals surface area (Å²) in [5.74, 6) is 0. The molecule has 1 aromatic rings. The Morgan fingerprint density at radius 3 is 2.57 bits per heavy atom. The minimum atomic E-state index is -4.11. The summed E-state index contributed by atoms with van der Waals surface area (Å²) in [5.41, 5.74) is 0. The molecule has 0 amide bonds. The maximum atomic E-state index is 12.4. The highest BCUT2D eigenvalue weighted by atomic mass is 32.1. The Kier molecular flexibility index (Phi) is 5.45. The number of hydrogen-bond acceptors (Lipinski definition) is 5. The standard InChI is InChI=1S/C13H21F3N4S/c1-3-17-10(2)11-8-18-12(21-11)20-6-4-19(5-7-20)9-13(14,15)16/h8,10,17H,3-7,9H2,1-2H3. The summed E-state index contributed by atoms with van der Waals surface area (Å²) in [6.07, 6.45) is -2.26. The minimum absolute atomic E-state index is 0.257. The normalized spacial score (nSPS) is 19.0. The number of aromatic nitrogens is 1. The van der Waals surface area contributed by atoms with Crippen molar-refractivity contribution >= 4 is 16.5 Å². The summed E-state index contributed by atoms with van der Waals surface area (Å²) in [4.78, 5) is 9.08. The Balaban J connectivity index is 1.88. The molecule has 0 aromatic carbocycles. The lowest BCUT2D eigenvalue weighted by Gasteiger charge is -2.34. The second-order valence-corrected chi connectivity index (χ2v) is 6.24. The minimum Gasteiger partial charge on any atom is -0.346 e. The van der Waals surface area contributed by atoms with E-state index in [1.165, 1.54) is 4.90 Å². The predicted molar refractivity (Wildman–Crippen MR) is 78.9 cm³/mol. The molecule has 0 saturated carbocycles. The Morgan fingerprint density at radius 2 is 2.00 bits per heavy atom. The molecular weight excluding hydrogens is 301 g/mol. The fraction of sp³-hybridized carbons (Fsp3) is 0.769. The molecule has 1 aliphatic heterocycles. The van der Waals surface area contributed by atoms with Crippen molar-refractivity contribution in [1.82, 2.24) is 15.2 Å². The molecule has 8 heteroatoms. The first-order valence-electron chi connectivity index (χ1n) is 7.12. The van der Waals surface area contributed by atoms with Crippen LogP contribution in [-0.4, -0.2) is 55.3 Å². The molecule has 1 saturated heterocycles. The van der Waals surface area contributed by atoms with Gasteiger partial charge in [-0.15, -0.1) is 11.3 Å². The molecule has 4 nitrogen and oxygen atoms in total. The summed E-state index contributed by atoms with van der Waals surface area (Å²) in [5, 5.41) is 4.23. The van der Waals surface area contributed by atoms with E-state index in [9.17, 15) is 13.2 Å². The highest BCUT2D eigenvalue weighted by Gasteiger charge is 2.32. The molecule has 1 unspecified atom stereocenters. The number of nitrogens with one attached hydrogen (secondary N) is 1. The molecule has 0 radical (unpaired) electrons. The van der Waals surface area contributed by atoms with Crippen LogP contribution < -0.4 is 10.2 Å². The van der Waals surface area contributed by atoms with Gasteiger partial charge < -0.3 is 10.2 Å². The van der Waals surface area contributed by atoms with Crippen molar-refractivity contribution < 1.29 is 13.2 Å². The molecule has 21 heavy (non-hydrogen) atoms. The number of thiazole rings is 1. The molecular formula is C13H21F3N4S. The van der Waals surface area contributed by atoms with Crippen molar-refractivity contribution in [2.24, 2.45) is 0 Å². The number of alkyl halides is 3. The summed E-state index contributed by atoms with van der Waals surface area (Å²) in [6.45, 7) is 6.26. The van der Waals surface area contributed by atoms with Gasteiger partial charge in [0, 0.05) is 43.3 Å². The van der Waals surface area contributed by atoms with E-state index in [0.29, 0.717) is 26.2 Å². The summed E-state index contributed by atoms with van der Waals surface area (Å²) >= 11 is 1.61. The third-order valence-corrected chi connectivity index (χ3v) is 4.74. The van der Waals surface area contributed by atoms with Crippen molar-refractivity contribution in [2.45, 2.75) is 26.1 Å². The molecule has 1 N–H and O–H groups in total. The molecule has 1 fully saturated rings. The van der Waals surface area contributed by atoms with Crippen molar-refractivity contribution in [1.29, 1.82) is 0 Å². The van der Waals surface area contributed by atoms with Crippen LogP contribution in [0.15, 0.2) is 6.20 Å². The van der Waals surface area contributed by atoms with Gasteiger partial charge in [0.15, 0.2) is 5.13 Å². The van der Waals surface area contributed by atoms with Gasteiger partial charge in [-0.05, 0) is 13.5 Å². The fourth-order valence-electron chi connectivity index (χ4n) is 2.38. The van der Waals surface area contributed by atoms with E-state index in [0.717, 1.165) is 16.6 Å². The second-order valence-electron chi connectivity index (χ2n) is 5.20. The van der Waals surface area contributed by atoms with E-state index in [1.54, 1.807) is 11.3 Å². The van der Waals surface area contributed by atoms with Crippen LogP contribution in [0.3, 0.4) is 0 Å². The summed E-state index contributed by atoms with van der Waals surface area (Å²) in [6, 6.07) is 0.257. The van der Waals surface area contributed by atoms with E-state index in [1.807, 2.05) is 6.20 Å². The topological polar surface area (TPSA) is 31.4 Å². The summed E-state index contributed by atoms with van der Waals surface area (Å²) < 4.78 is 37.1. The lowest BCUT2D eigenvalue weighted by molar-refractivity contribution is -0.146. The fourth-order valence-corrected chi connectivity index (χ4v) is 3.37. The predicted octanol–water partition coefficient (Wildman–Crippen LogP) is 2.50. The molecule has 0 bridgehead atoms. The SMILES string of the molecule is CCNC(C)c1cnc(N2CCN(CC(F)(F)F)CC2)s1. The number of rotatable bonds is 5. The molecule has 0 spiro atoms. The Labute approximate surface area is 127 Å². The van der Waals surface area contributed by atoms with Crippen LogP contribution in [0.25, 0.3) is 0 Å². The Hall–Kier alpha value is -0.860. The molecule has 1 aliphatic rings. The molecule has 1 atom stereocenters. The average Bonchev–Trinajstić information content (AvgIpc) is 2.87. The van der Waals surface area contributed by atoms with Gasteiger partial charge in [0.25, 0.3) is 0 Å². The van der Waals surface area contributed by atoms with Crippen molar-refractivity contribution in [2.75, 3.05) is 44.2 Å². The highest BCUT2D eigenvalue weighted by molar-refractivity contribution is 7.15. The lowest BCUT2D eigenvalue weighted by Crippen LogP contribution is -2.49. The van der Waals surface area contributed by atoms with Crippen molar-refractivity contribution in [3.63, 3.8) is 0 Å². The van der Waals surface area contributed by atoms with Crippen LogP contribution >= 0.6 is 11.3 Å². The van der Waals surface area contributed by atoms with E-state index in [4.69, 9.17) is 0 Å². The molecule has 120 valence electrons. The van der Waals surface area contributed by atoms with Crippen molar-refractivity contribution in [3.8, 4) is 0 Å². The largest absolute Gasteiger partial charge is 0.401 e. The third-order valence-electron chi connectivity index (χ3n) is 3.49. The van der Waals surface area contributed by atoms with E-state index in [-0.39, 0.29) is 6.04 Å². The molecule has 2 rings (SSSR count). The Morgan fingerprint density at radius 1 is 1.33 bits per heavy atom. The second kappa shape index (κ2) is 6.93. The first-order chi connectivity index (χ1) is 9.89. The third kappa shape index (κ3) is 4.82. The molecule has 1 aromatic heterocycles. The number of anilines is 1. The van der Waals surface area contributed by atoms with Crippen LogP contribution in [-0.2, 0) is 0 Å². The van der Waals surface area contributed by atoms with E-state index >= 15 is 0 Å². The monoisotopic (exact) mass is 322 g/mol. The number of piperazine rings is 1. The zero-order valence-corrected chi connectivity index (χ0v) is 13.1. The van der Waals surface area contributed by atoms with Crippen LogP contribution in [0.2, 0.25) is 0 Å². The molecule has 0 aliphatic carbocycles. The zero-order valence-electron chi connectivity index (χ0n) is 12.3. The lowest BCUT2D eigenvalue weighted by atomic mass is 10.3. The van der Waals surface area contributed by atoms with Crippen LogP contribution in [0.5, 0.6) is 0 Å². The van der Waals surface area contributed by atoms with Gasteiger partial charge >= 0.3 is 6.18 Å². The van der Waals surface area contributed by atoms with Crippen LogP contribution in [0.4, 0.5) is 18.3 Å². The van der Waals surface area contributed by atoms with Gasteiger partial charge in [-0.2, -0.15) is 13.2 Å². The van der Waals surface area contributed by atoms with Gasteiger partial charge in [-0.25, -0.2) is 4.98 Å². The first kappa shape index (κ1) is 16.5. The van der Waals surface area contributed by atoms with Gasteiger partial charge in [-0.1, -0.05) is 6.92 Å². The van der Waals surface area contributed by atoms with Gasteiger partial charge in [0.1, 0.15) is 0 Å². The maximum absolute atomic E-state index is 12.4. The maximum Gasteiger partial charge on any atom is 0.401 e. The smallest absolute Gasteiger partial charge is 0.346 e. The van der Waals surface area contributed by atoms with Gasteiger partial charge in [-0.3, -0.25) is 4.90 Å². The Bertz CT molecular complexity index is 441. The van der Waals surface area contributed by atoms with Crippen molar-refractivity contribution in [3.05, 3.63) is 11.1 Å².